The topological polar surface area (TPSA) is 183 Å². The van der Waals surface area contributed by atoms with Crippen LogP contribution in [0.1, 0.15) is 28.6 Å². The Hall–Kier alpha value is -2.55. The van der Waals surface area contributed by atoms with E-state index in [-0.39, 0.29) is 18.6 Å². The second-order valence-corrected chi connectivity index (χ2v) is 9.15. The van der Waals surface area contributed by atoms with Gasteiger partial charge in [-0.2, -0.15) is 4.98 Å². The van der Waals surface area contributed by atoms with Gasteiger partial charge in [0.2, 0.25) is 10.0 Å². The van der Waals surface area contributed by atoms with Gasteiger partial charge >= 0.3 is 6.01 Å². The van der Waals surface area contributed by atoms with Crippen LogP contribution in [0.2, 0.25) is 0 Å². The molecule has 0 bridgehead atoms. The van der Waals surface area contributed by atoms with Crippen molar-refractivity contribution in [3.63, 3.8) is 0 Å². The number of aliphatic hydroxyl groups excluding tert-OH is 3. The van der Waals surface area contributed by atoms with Gasteiger partial charge < -0.3 is 34.9 Å². The van der Waals surface area contributed by atoms with Crippen molar-refractivity contribution < 1.29 is 42.8 Å². The minimum Gasteiger partial charge on any atom is -0.430 e. The van der Waals surface area contributed by atoms with Gasteiger partial charge in [-0.3, -0.25) is 4.79 Å². The van der Waals surface area contributed by atoms with Crippen molar-refractivity contribution in [2.45, 2.75) is 30.5 Å². The monoisotopic (exact) mass is 473 g/mol. The number of anilines is 1. The summed E-state index contributed by atoms with van der Waals surface area (Å²) < 4.78 is 33.8. The van der Waals surface area contributed by atoms with E-state index in [9.17, 15) is 33.6 Å². The number of nitrogens with zero attached hydrogens (tertiary/aromatic N) is 2. The lowest BCUT2D eigenvalue weighted by Crippen LogP contribution is -2.64. The van der Waals surface area contributed by atoms with Crippen LogP contribution >= 0.6 is 0 Å². The van der Waals surface area contributed by atoms with E-state index in [0.29, 0.717) is 4.31 Å². The van der Waals surface area contributed by atoms with Gasteiger partial charge in [0.25, 0.3) is 5.91 Å². The first-order chi connectivity index (χ1) is 14.9. The summed E-state index contributed by atoms with van der Waals surface area (Å²) >= 11 is 0. The highest BCUT2D eigenvalue weighted by atomic mass is 32.2. The lowest BCUT2D eigenvalue weighted by molar-refractivity contribution is -0.192. The third-order valence-corrected chi connectivity index (χ3v) is 5.92. The van der Waals surface area contributed by atoms with Gasteiger partial charge in [0, 0.05) is 20.8 Å². The van der Waals surface area contributed by atoms with Gasteiger partial charge in [0.1, 0.15) is 18.5 Å². The lowest BCUT2D eigenvalue weighted by atomic mass is 9.89. The van der Waals surface area contributed by atoms with Crippen molar-refractivity contribution >= 4 is 21.9 Å². The van der Waals surface area contributed by atoms with Crippen molar-refractivity contribution in [1.82, 2.24) is 10.3 Å². The molecule has 5 N–H and O–H groups in total. The maximum Gasteiger partial charge on any atom is 0.311 e. The maximum absolute atomic E-state index is 12.7. The molecular weight excluding hydrogens is 446 g/mol. The number of hydrogen-bond donors (Lipinski definition) is 5. The molecule has 2 rings (SSSR count). The Morgan fingerprint density at radius 3 is 2.47 bits per heavy atom. The highest BCUT2D eigenvalue weighted by Gasteiger charge is 2.48. The molecule has 4 unspecified atom stereocenters. The largest absolute Gasteiger partial charge is 0.430 e. The van der Waals surface area contributed by atoms with Crippen molar-refractivity contribution in [3.8, 4) is 0 Å². The Kier molecular flexibility index (Phi) is 8.34. The summed E-state index contributed by atoms with van der Waals surface area (Å²) in [7, 11) is -1.18. The van der Waals surface area contributed by atoms with Crippen LogP contribution in [0.4, 0.5) is 6.01 Å². The highest BCUT2D eigenvalue weighted by Crippen LogP contribution is 2.30. The average molecular weight is 474 g/mol. The highest BCUT2D eigenvalue weighted by molar-refractivity contribution is 7.92. The second-order valence-electron chi connectivity index (χ2n) is 7.13. The molecule has 1 amide bonds. The number of aromatic nitrogens is 1. The van der Waals surface area contributed by atoms with Crippen LogP contribution in [-0.4, -0.2) is 84.7 Å². The molecule has 0 aliphatic rings. The number of ether oxygens (including phenoxy) is 1. The molecule has 1 heterocycles. The fraction of sp³-hybridized carbons (Fsp3) is 0.474. The Morgan fingerprint density at radius 2 is 1.91 bits per heavy atom. The second kappa shape index (κ2) is 10.4. The van der Waals surface area contributed by atoms with E-state index in [1.165, 1.54) is 19.2 Å². The summed E-state index contributed by atoms with van der Waals surface area (Å²) in [5.41, 5.74) is -3.05. The van der Waals surface area contributed by atoms with E-state index in [1.54, 1.807) is 18.2 Å². The summed E-state index contributed by atoms with van der Waals surface area (Å²) in [4.78, 5) is 16.5. The molecule has 0 saturated heterocycles. The molecule has 0 fully saturated rings. The van der Waals surface area contributed by atoms with Gasteiger partial charge in [-0.05, 0) is 12.0 Å². The number of carbonyl (C=O) groups is 1. The normalized spacial score (nSPS) is 16.6. The fourth-order valence-corrected chi connectivity index (χ4v) is 3.15. The zero-order valence-corrected chi connectivity index (χ0v) is 18.6. The van der Waals surface area contributed by atoms with Gasteiger partial charge in [-0.15, -0.1) is 0 Å². The van der Waals surface area contributed by atoms with E-state index < -0.39 is 51.7 Å². The predicted octanol–water partition coefficient (Wildman–Crippen LogP) is -1.02. The zero-order valence-electron chi connectivity index (χ0n) is 17.7. The molecule has 1 aromatic carbocycles. The number of oxazole rings is 1. The zero-order chi connectivity index (χ0) is 24.1. The molecule has 0 aliphatic heterocycles. The molecule has 0 radical (unpaired) electrons. The van der Waals surface area contributed by atoms with Crippen LogP contribution in [0.5, 0.6) is 0 Å². The number of amides is 1. The quantitative estimate of drug-likeness (QED) is 0.253. The minimum atomic E-state index is -3.72. The molecule has 32 heavy (non-hydrogen) atoms. The molecule has 2 aromatic rings. The molecule has 1 aromatic heterocycles. The first kappa shape index (κ1) is 25.7. The summed E-state index contributed by atoms with van der Waals surface area (Å²) in [6.45, 7) is 0.0359. The molecule has 0 aliphatic carbocycles. The smallest absolute Gasteiger partial charge is 0.311 e. The Labute approximate surface area is 185 Å². The van der Waals surface area contributed by atoms with Gasteiger partial charge in [0.05, 0.1) is 12.4 Å². The van der Waals surface area contributed by atoms with Crippen LogP contribution in [0.25, 0.3) is 0 Å². The molecule has 4 atom stereocenters. The SMILES string of the molecule is COCCC(O)C(O)C(O)(NC(=O)c1coc(N(C)S(C)(=O)=O)n1)C(O)c1ccccc1. The van der Waals surface area contributed by atoms with Crippen LogP contribution in [0.3, 0.4) is 0 Å². The molecule has 13 heteroatoms. The molecular formula is C19H27N3O9S. The number of carbonyl (C=O) groups excluding carboxylic acids is 1. The van der Waals surface area contributed by atoms with E-state index in [2.05, 4.69) is 10.3 Å². The minimum absolute atomic E-state index is 0.0359. The van der Waals surface area contributed by atoms with Gasteiger partial charge in [-0.25, -0.2) is 12.7 Å². The number of hydrogen-bond acceptors (Lipinski definition) is 10. The summed E-state index contributed by atoms with van der Waals surface area (Å²) in [6, 6.07) is 7.29. The van der Waals surface area contributed by atoms with Crippen LogP contribution in [0.15, 0.2) is 41.0 Å². The predicted molar refractivity (Wildman–Crippen MR) is 112 cm³/mol. The Morgan fingerprint density at radius 1 is 1.28 bits per heavy atom. The Balaban J connectivity index is 2.36. The summed E-state index contributed by atoms with van der Waals surface area (Å²) in [6.07, 6.45) is -3.83. The molecule has 0 spiro atoms. The van der Waals surface area contributed by atoms with Crippen molar-refractivity contribution in [2.75, 3.05) is 31.3 Å². The van der Waals surface area contributed by atoms with Gasteiger partial charge in [-0.1, -0.05) is 30.3 Å². The number of methoxy groups -OCH3 is 1. The van der Waals surface area contributed by atoms with E-state index in [4.69, 9.17) is 9.15 Å². The first-order valence-corrected chi connectivity index (χ1v) is 11.3. The maximum atomic E-state index is 12.7. The number of rotatable bonds is 11. The van der Waals surface area contributed by atoms with E-state index in [1.807, 2.05) is 0 Å². The number of aliphatic hydroxyl groups is 4. The summed E-state index contributed by atoms with van der Waals surface area (Å²) in [5, 5.41) is 44.9. The number of benzene rings is 1. The van der Waals surface area contributed by atoms with E-state index in [0.717, 1.165) is 19.6 Å². The lowest BCUT2D eigenvalue weighted by Gasteiger charge is -2.39. The third-order valence-electron chi connectivity index (χ3n) is 4.77. The Bertz CT molecular complexity index is 998. The van der Waals surface area contributed by atoms with Crippen LogP contribution < -0.4 is 9.62 Å². The fourth-order valence-electron chi connectivity index (χ4n) is 2.78. The van der Waals surface area contributed by atoms with E-state index >= 15 is 0 Å². The molecule has 0 saturated carbocycles. The van der Waals surface area contributed by atoms with Crippen molar-refractivity contribution in [3.05, 3.63) is 47.9 Å². The first-order valence-electron chi connectivity index (χ1n) is 9.44. The molecule has 178 valence electrons. The molecule has 12 nitrogen and oxygen atoms in total. The van der Waals surface area contributed by atoms with Crippen LogP contribution in [0, 0.1) is 0 Å². The van der Waals surface area contributed by atoms with Gasteiger partial charge in [0.15, 0.2) is 11.4 Å². The standard InChI is InChI=1S/C19H27N3O9S/c1-22(32(3,28)29)18-20-13(11-31-18)17(26)21-19(27,16(25)14(23)9-10-30-2)15(24)12-7-5-4-6-8-12/h4-8,11,14-16,23-25,27H,9-10H2,1-3H3,(H,21,26). The average Bonchev–Trinajstić information content (AvgIpc) is 3.25. The number of nitrogens with one attached hydrogen (secondary N) is 1. The van der Waals surface area contributed by atoms with Crippen LogP contribution in [-0.2, 0) is 14.8 Å². The van der Waals surface area contributed by atoms with Crippen molar-refractivity contribution in [1.29, 1.82) is 0 Å². The van der Waals surface area contributed by atoms with Crippen molar-refractivity contribution in [2.24, 2.45) is 0 Å². The number of sulfonamides is 1. The summed E-state index contributed by atoms with van der Waals surface area (Å²) in [5.74, 6) is -1.10. The third kappa shape index (κ3) is 5.82.